The first-order chi connectivity index (χ1) is 14.0. The summed E-state index contributed by atoms with van der Waals surface area (Å²) in [4.78, 5) is 11.4. The number of hydrogen-bond acceptors (Lipinski definition) is 5. The third-order valence-corrected chi connectivity index (χ3v) is 5.08. The summed E-state index contributed by atoms with van der Waals surface area (Å²) in [5.41, 5.74) is 0.241. The summed E-state index contributed by atoms with van der Waals surface area (Å²) < 4.78 is 41.8. The molecular weight excluding hydrogens is 381 g/mol. The van der Waals surface area contributed by atoms with E-state index in [0.717, 1.165) is 45.0 Å². The van der Waals surface area contributed by atoms with Crippen molar-refractivity contribution in [2.45, 2.75) is 45.5 Å². The Hall–Kier alpha value is -2.84. The number of benzene rings is 1. The molecule has 9 heteroatoms. The lowest BCUT2D eigenvalue weighted by Crippen LogP contribution is -2.21. The quantitative estimate of drug-likeness (QED) is 0.657. The van der Waals surface area contributed by atoms with Gasteiger partial charge in [-0.05, 0) is 30.9 Å². The van der Waals surface area contributed by atoms with E-state index in [0.29, 0.717) is 22.8 Å². The summed E-state index contributed by atoms with van der Waals surface area (Å²) in [7, 11) is 0. The number of aryl methyl sites for hydroxylation is 1. The van der Waals surface area contributed by atoms with Crippen LogP contribution in [0.15, 0.2) is 30.5 Å². The smallest absolute Gasteiger partial charge is 0.365 e. The highest BCUT2D eigenvalue weighted by atomic mass is 19.4. The molecule has 0 bridgehead atoms. The van der Waals surface area contributed by atoms with E-state index in [2.05, 4.69) is 27.2 Å². The lowest BCUT2D eigenvalue weighted by Gasteiger charge is -2.18. The Labute approximate surface area is 166 Å². The molecule has 0 spiro atoms. The predicted molar refractivity (Wildman–Crippen MR) is 106 cm³/mol. The number of alkyl halides is 3. The molecule has 0 amide bonds. The maximum absolute atomic E-state index is 13.3. The SMILES string of the molecule is CCCn1ncc2c(NCc3ccccc3C(F)(F)F)nc(N3CCCC3)nc21. The molecule has 3 heterocycles. The minimum Gasteiger partial charge on any atom is -0.365 e. The fourth-order valence-corrected chi connectivity index (χ4v) is 3.64. The van der Waals surface area contributed by atoms with Crippen molar-refractivity contribution in [1.29, 1.82) is 0 Å². The summed E-state index contributed by atoms with van der Waals surface area (Å²) in [6, 6.07) is 5.59. The highest BCUT2D eigenvalue weighted by Gasteiger charge is 2.32. The number of nitrogens with zero attached hydrogens (tertiary/aromatic N) is 5. The van der Waals surface area contributed by atoms with Gasteiger partial charge in [-0.1, -0.05) is 25.1 Å². The number of aromatic nitrogens is 4. The van der Waals surface area contributed by atoms with Crippen LogP contribution in [-0.4, -0.2) is 32.8 Å². The molecule has 1 saturated heterocycles. The molecule has 1 aliphatic rings. The van der Waals surface area contributed by atoms with Crippen molar-refractivity contribution in [3.8, 4) is 0 Å². The van der Waals surface area contributed by atoms with Gasteiger partial charge in [0, 0.05) is 26.2 Å². The number of rotatable bonds is 6. The van der Waals surface area contributed by atoms with Crippen molar-refractivity contribution < 1.29 is 13.2 Å². The van der Waals surface area contributed by atoms with Crippen LogP contribution >= 0.6 is 0 Å². The molecule has 0 saturated carbocycles. The molecule has 3 aromatic rings. The van der Waals surface area contributed by atoms with E-state index in [1.807, 2.05) is 4.68 Å². The first kappa shape index (κ1) is 19.5. The molecule has 2 aromatic heterocycles. The number of fused-ring (bicyclic) bond motifs is 1. The fraction of sp³-hybridized carbons (Fsp3) is 0.450. The van der Waals surface area contributed by atoms with Gasteiger partial charge >= 0.3 is 6.18 Å². The highest BCUT2D eigenvalue weighted by molar-refractivity contribution is 5.87. The van der Waals surface area contributed by atoms with Crippen LogP contribution in [-0.2, 0) is 19.3 Å². The Bertz CT molecular complexity index is 992. The number of hydrogen-bond donors (Lipinski definition) is 1. The Morgan fingerprint density at radius 1 is 1.10 bits per heavy atom. The second-order valence-corrected chi connectivity index (χ2v) is 7.18. The van der Waals surface area contributed by atoms with Gasteiger partial charge in [0.2, 0.25) is 5.95 Å². The van der Waals surface area contributed by atoms with Gasteiger partial charge in [-0.15, -0.1) is 0 Å². The van der Waals surface area contributed by atoms with Crippen molar-refractivity contribution in [2.24, 2.45) is 0 Å². The molecule has 1 aliphatic heterocycles. The Morgan fingerprint density at radius 3 is 2.59 bits per heavy atom. The third kappa shape index (κ3) is 3.99. The van der Waals surface area contributed by atoms with E-state index < -0.39 is 11.7 Å². The highest BCUT2D eigenvalue weighted by Crippen LogP contribution is 2.32. The maximum Gasteiger partial charge on any atom is 0.416 e. The zero-order valence-electron chi connectivity index (χ0n) is 16.2. The van der Waals surface area contributed by atoms with Gasteiger partial charge in [0.05, 0.1) is 17.1 Å². The van der Waals surface area contributed by atoms with E-state index in [-0.39, 0.29) is 12.1 Å². The van der Waals surface area contributed by atoms with Crippen LogP contribution in [0.25, 0.3) is 11.0 Å². The fourth-order valence-electron chi connectivity index (χ4n) is 3.64. The van der Waals surface area contributed by atoms with Gasteiger partial charge in [-0.2, -0.15) is 28.2 Å². The van der Waals surface area contributed by atoms with Crippen LogP contribution in [0.2, 0.25) is 0 Å². The largest absolute Gasteiger partial charge is 0.416 e. The molecule has 154 valence electrons. The van der Waals surface area contributed by atoms with Crippen LogP contribution < -0.4 is 10.2 Å². The first-order valence-electron chi connectivity index (χ1n) is 9.85. The molecule has 6 nitrogen and oxygen atoms in total. The molecule has 29 heavy (non-hydrogen) atoms. The van der Waals surface area contributed by atoms with Crippen LogP contribution in [0.4, 0.5) is 24.9 Å². The predicted octanol–water partition coefficient (Wildman–Crippen LogP) is 4.47. The van der Waals surface area contributed by atoms with Gasteiger partial charge in [-0.3, -0.25) is 0 Å². The molecule has 0 unspecified atom stereocenters. The Morgan fingerprint density at radius 2 is 1.86 bits per heavy atom. The van der Waals surface area contributed by atoms with Crippen molar-refractivity contribution in [1.82, 2.24) is 19.7 Å². The summed E-state index contributed by atoms with van der Waals surface area (Å²) in [6.07, 6.45) is 0.346. The standard InChI is InChI=1S/C20H23F3N6/c1-2-9-29-18-15(13-25-29)17(26-19(27-18)28-10-5-6-11-28)24-12-14-7-3-4-8-16(14)20(21,22)23/h3-4,7-8,13H,2,5-6,9-12H2,1H3,(H,24,26,27). The minimum atomic E-state index is -4.40. The molecule has 0 radical (unpaired) electrons. The minimum absolute atomic E-state index is 0.0141. The van der Waals surface area contributed by atoms with Crippen molar-refractivity contribution in [2.75, 3.05) is 23.3 Å². The molecule has 0 aliphatic carbocycles. The zero-order valence-corrected chi connectivity index (χ0v) is 16.2. The average molecular weight is 404 g/mol. The third-order valence-electron chi connectivity index (χ3n) is 5.08. The normalized spacial score (nSPS) is 14.7. The lowest BCUT2D eigenvalue weighted by atomic mass is 10.1. The van der Waals surface area contributed by atoms with Gasteiger partial charge in [0.15, 0.2) is 5.65 Å². The first-order valence-corrected chi connectivity index (χ1v) is 9.85. The van der Waals surface area contributed by atoms with Crippen LogP contribution in [0.1, 0.15) is 37.3 Å². The molecule has 1 N–H and O–H groups in total. The molecule has 1 aromatic carbocycles. The number of nitrogens with one attached hydrogen (secondary N) is 1. The van der Waals surface area contributed by atoms with Gasteiger partial charge < -0.3 is 10.2 Å². The number of halogens is 3. The zero-order chi connectivity index (χ0) is 20.4. The Balaban J connectivity index is 1.70. The van der Waals surface area contributed by atoms with Crippen molar-refractivity contribution in [3.63, 3.8) is 0 Å². The van der Waals surface area contributed by atoms with Crippen LogP contribution in [0.3, 0.4) is 0 Å². The number of anilines is 2. The van der Waals surface area contributed by atoms with Crippen molar-refractivity contribution >= 4 is 22.8 Å². The summed E-state index contributed by atoms with van der Waals surface area (Å²) in [5, 5.41) is 8.22. The second-order valence-electron chi connectivity index (χ2n) is 7.18. The van der Waals surface area contributed by atoms with Crippen LogP contribution in [0.5, 0.6) is 0 Å². The summed E-state index contributed by atoms with van der Waals surface area (Å²) >= 11 is 0. The van der Waals surface area contributed by atoms with Crippen LogP contribution in [0, 0.1) is 0 Å². The molecule has 4 rings (SSSR count). The van der Waals surface area contributed by atoms with Gasteiger partial charge in [0.1, 0.15) is 5.82 Å². The van der Waals surface area contributed by atoms with E-state index >= 15 is 0 Å². The molecule has 1 fully saturated rings. The summed E-state index contributed by atoms with van der Waals surface area (Å²) in [5.74, 6) is 1.11. The Kier molecular flexibility index (Phi) is 5.29. The maximum atomic E-state index is 13.3. The van der Waals surface area contributed by atoms with Crippen molar-refractivity contribution in [3.05, 3.63) is 41.6 Å². The van der Waals surface area contributed by atoms with E-state index in [1.165, 1.54) is 12.1 Å². The lowest BCUT2D eigenvalue weighted by molar-refractivity contribution is -0.138. The molecular formula is C20H23F3N6. The van der Waals surface area contributed by atoms with Gasteiger partial charge in [-0.25, -0.2) is 4.68 Å². The average Bonchev–Trinajstić information content (AvgIpc) is 3.36. The van der Waals surface area contributed by atoms with E-state index in [4.69, 9.17) is 4.98 Å². The molecule has 0 atom stereocenters. The van der Waals surface area contributed by atoms with Gasteiger partial charge in [0.25, 0.3) is 0 Å². The topological polar surface area (TPSA) is 58.9 Å². The summed E-state index contributed by atoms with van der Waals surface area (Å²) in [6.45, 7) is 4.55. The van der Waals surface area contributed by atoms with E-state index in [9.17, 15) is 13.2 Å². The second kappa shape index (κ2) is 7.88. The monoisotopic (exact) mass is 404 g/mol. The van der Waals surface area contributed by atoms with E-state index in [1.54, 1.807) is 12.3 Å².